The summed E-state index contributed by atoms with van der Waals surface area (Å²) in [5.74, 6) is -0.356. The average molecular weight is 205 g/mol. The first-order chi connectivity index (χ1) is 7.25. The summed E-state index contributed by atoms with van der Waals surface area (Å²) in [6, 6.07) is 6.35. The van der Waals surface area contributed by atoms with Crippen molar-refractivity contribution in [3.8, 4) is 5.75 Å². The normalized spacial score (nSPS) is 9.93. The molecule has 0 aliphatic rings. The van der Waals surface area contributed by atoms with Gasteiger partial charge in [0.1, 0.15) is 12.1 Å². The fourth-order valence-electron chi connectivity index (χ4n) is 1.13. The Bertz CT molecular complexity index is 476. The van der Waals surface area contributed by atoms with Crippen LogP contribution in [0.15, 0.2) is 36.8 Å². The fourth-order valence-corrected chi connectivity index (χ4v) is 1.13. The minimum Gasteiger partial charge on any atom is -0.508 e. The van der Waals surface area contributed by atoms with E-state index in [1.807, 2.05) is 0 Å². The van der Waals surface area contributed by atoms with E-state index in [0.717, 1.165) is 6.20 Å². The van der Waals surface area contributed by atoms with Crippen molar-refractivity contribution < 1.29 is 9.50 Å². The summed E-state index contributed by atoms with van der Waals surface area (Å²) in [6.07, 6.45) is 2.31. The number of halogens is 1. The lowest BCUT2D eigenvalue weighted by molar-refractivity contribution is 0.475. The molecular formula is C10H8FN3O. The van der Waals surface area contributed by atoms with Crippen LogP contribution in [-0.2, 0) is 0 Å². The van der Waals surface area contributed by atoms with Crippen LogP contribution in [0.3, 0.4) is 0 Å². The molecule has 0 saturated heterocycles. The van der Waals surface area contributed by atoms with Crippen molar-refractivity contribution in [1.29, 1.82) is 0 Å². The molecule has 2 aromatic rings. The molecule has 0 aliphatic carbocycles. The molecule has 4 nitrogen and oxygen atoms in total. The molecule has 2 rings (SSSR count). The lowest BCUT2D eigenvalue weighted by Gasteiger charge is -2.05. The maximum Gasteiger partial charge on any atom is 0.184 e. The summed E-state index contributed by atoms with van der Waals surface area (Å²) in [6.45, 7) is 0. The summed E-state index contributed by atoms with van der Waals surface area (Å²) in [7, 11) is 0. The number of aromatic nitrogens is 2. The highest BCUT2D eigenvalue weighted by Gasteiger charge is 2.03. The first-order valence-electron chi connectivity index (χ1n) is 4.27. The van der Waals surface area contributed by atoms with Gasteiger partial charge in [-0.15, -0.1) is 0 Å². The molecule has 0 bridgehead atoms. The highest BCUT2D eigenvalue weighted by Crippen LogP contribution is 2.20. The topological polar surface area (TPSA) is 58.0 Å². The minimum atomic E-state index is -0.541. The third-order valence-corrected chi connectivity index (χ3v) is 1.78. The van der Waals surface area contributed by atoms with Crippen LogP contribution in [0.5, 0.6) is 5.75 Å². The van der Waals surface area contributed by atoms with Gasteiger partial charge in [0.25, 0.3) is 0 Å². The molecule has 15 heavy (non-hydrogen) atoms. The third-order valence-electron chi connectivity index (χ3n) is 1.78. The molecule has 1 aromatic carbocycles. The Labute approximate surface area is 85.4 Å². The molecule has 1 heterocycles. The number of nitrogens with zero attached hydrogens (tertiary/aromatic N) is 2. The number of rotatable bonds is 2. The fraction of sp³-hybridized carbons (Fsp3) is 0. The second-order valence-corrected chi connectivity index (χ2v) is 2.89. The average Bonchev–Trinajstić information content (AvgIpc) is 2.22. The van der Waals surface area contributed by atoms with Gasteiger partial charge in [-0.3, -0.25) is 0 Å². The van der Waals surface area contributed by atoms with Crippen molar-refractivity contribution in [1.82, 2.24) is 9.97 Å². The van der Waals surface area contributed by atoms with Gasteiger partial charge in [0.05, 0.1) is 6.20 Å². The van der Waals surface area contributed by atoms with E-state index in [1.54, 1.807) is 12.1 Å². The predicted molar refractivity (Wildman–Crippen MR) is 53.4 cm³/mol. The summed E-state index contributed by atoms with van der Waals surface area (Å²) in [5.41, 5.74) is 0.563. The number of nitrogens with one attached hydrogen (secondary N) is 1. The molecule has 0 amide bonds. The second kappa shape index (κ2) is 3.91. The van der Waals surface area contributed by atoms with Gasteiger partial charge in [-0.25, -0.2) is 14.4 Å². The van der Waals surface area contributed by atoms with E-state index in [2.05, 4.69) is 15.3 Å². The van der Waals surface area contributed by atoms with Crippen LogP contribution in [0.1, 0.15) is 0 Å². The van der Waals surface area contributed by atoms with Crippen LogP contribution in [0, 0.1) is 5.82 Å². The Morgan fingerprint density at radius 3 is 2.93 bits per heavy atom. The van der Waals surface area contributed by atoms with Crippen LogP contribution in [0.25, 0.3) is 0 Å². The summed E-state index contributed by atoms with van der Waals surface area (Å²) in [5, 5.41) is 11.9. The predicted octanol–water partition coefficient (Wildman–Crippen LogP) is 2.06. The molecule has 0 spiro atoms. The van der Waals surface area contributed by atoms with Gasteiger partial charge in [-0.1, -0.05) is 6.07 Å². The van der Waals surface area contributed by atoms with Gasteiger partial charge >= 0.3 is 0 Å². The van der Waals surface area contributed by atoms with Crippen molar-refractivity contribution in [2.45, 2.75) is 0 Å². The molecule has 0 unspecified atom stereocenters. The van der Waals surface area contributed by atoms with E-state index >= 15 is 0 Å². The smallest absolute Gasteiger partial charge is 0.184 e. The molecule has 0 saturated carbocycles. The van der Waals surface area contributed by atoms with Crippen LogP contribution in [0.2, 0.25) is 0 Å². The Morgan fingerprint density at radius 2 is 2.20 bits per heavy atom. The largest absolute Gasteiger partial charge is 0.508 e. The van der Waals surface area contributed by atoms with E-state index in [-0.39, 0.29) is 11.6 Å². The van der Waals surface area contributed by atoms with E-state index in [4.69, 9.17) is 0 Å². The monoisotopic (exact) mass is 205 g/mol. The van der Waals surface area contributed by atoms with Crippen molar-refractivity contribution in [3.63, 3.8) is 0 Å². The number of anilines is 2. The Balaban J connectivity index is 2.26. The van der Waals surface area contributed by atoms with Gasteiger partial charge < -0.3 is 10.4 Å². The summed E-state index contributed by atoms with van der Waals surface area (Å²) < 4.78 is 13.1. The Morgan fingerprint density at radius 1 is 1.33 bits per heavy atom. The summed E-state index contributed by atoms with van der Waals surface area (Å²) in [4.78, 5) is 7.25. The van der Waals surface area contributed by atoms with Crippen LogP contribution >= 0.6 is 0 Å². The van der Waals surface area contributed by atoms with Gasteiger partial charge in [0.2, 0.25) is 0 Å². The maximum atomic E-state index is 13.1. The van der Waals surface area contributed by atoms with Gasteiger partial charge in [-0.05, 0) is 12.1 Å². The molecule has 0 radical (unpaired) electrons. The van der Waals surface area contributed by atoms with Crippen LogP contribution in [0.4, 0.5) is 15.9 Å². The number of benzene rings is 1. The standard InChI is InChI=1S/C10H8FN3O/c11-9-5-12-6-13-10(9)14-7-2-1-3-8(15)4-7/h1-6,15H,(H,12,13,14). The van der Waals surface area contributed by atoms with Gasteiger partial charge in [-0.2, -0.15) is 0 Å². The lowest BCUT2D eigenvalue weighted by atomic mass is 10.3. The van der Waals surface area contributed by atoms with E-state index < -0.39 is 5.82 Å². The van der Waals surface area contributed by atoms with Crippen molar-refractivity contribution in [2.24, 2.45) is 0 Å². The molecule has 0 fully saturated rings. The number of phenols is 1. The molecule has 5 heteroatoms. The highest BCUT2D eigenvalue weighted by atomic mass is 19.1. The number of aromatic hydroxyl groups is 1. The Kier molecular flexibility index (Phi) is 2.45. The van der Waals surface area contributed by atoms with Crippen LogP contribution in [-0.4, -0.2) is 15.1 Å². The van der Waals surface area contributed by atoms with Crippen molar-refractivity contribution in [2.75, 3.05) is 5.32 Å². The number of hydrogen-bond acceptors (Lipinski definition) is 4. The number of phenolic OH excluding ortho intramolecular Hbond substituents is 1. The number of hydrogen-bond donors (Lipinski definition) is 2. The molecule has 2 N–H and O–H groups in total. The highest BCUT2D eigenvalue weighted by molar-refractivity contribution is 5.57. The SMILES string of the molecule is Oc1cccc(Nc2ncncc2F)c1. The van der Waals surface area contributed by atoms with E-state index in [1.165, 1.54) is 18.5 Å². The van der Waals surface area contributed by atoms with Crippen molar-refractivity contribution in [3.05, 3.63) is 42.6 Å². The molecular weight excluding hydrogens is 197 g/mol. The Hall–Kier alpha value is -2.17. The molecule has 0 aliphatic heterocycles. The van der Waals surface area contributed by atoms with E-state index in [9.17, 15) is 9.50 Å². The maximum absolute atomic E-state index is 13.1. The van der Waals surface area contributed by atoms with Crippen LogP contribution < -0.4 is 5.32 Å². The van der Waals surface area contributed by atoms with Gasteiger partial charge in [0, 0.05) is 11.8 Å². The molecule has 0 atom stereocenters. The third kappa shape index (κ3) is 2.19. The minimum absolute atomic E-state index is 0.0793. The lowest BCUT2D eigenvalue weighted by Crippen LogP contribution is -1.97. The zero-order chi connectivity index (χ0) is 10.7. The van der Waals surface area contributed by atoms with Gasteiger partial charge in [0.15, 0.2) is 11.6 Å². The van der Waals surface area contributed by atoms with E-state index in [0.29, 0.717) is 5.69 Å². The molecule has 76 valence electrons. The zero-order valence-electron chi connectivity index (χ0n) is 7.68. The van der Waals surface area contributed by atoms with Crippen molar-refractivity contribution >= 4 is 11.5 Å². The second-order valence-electron chi connectivity index (χ2n) is 2.89. The summed E-state index contributed by atoms with van der Waals surface area (Å²) >= 11 is 0. The zero-order valence-corrected chi connectivity index (χ0v) is 7.68. The first-order valence-corrected chi connectivity index (χ1v) is 4.27. The first kappa shape index (κ1) is 9.39. The molecule has 1 aromatic heterocycles. The quantitative estimate of drug-likeness (QED) is 0.787.